The molecule has 0 aromatic carbocycles. The fourth-order valence-corrected chi connectivity index (χ4v) is 2.48. The molecule has 4 heteroatoms. The number of carboxylic acid groups (broad SMARTS) is 1. The normalized spacial score (nSPS) is 31.3. The molecule has 2 atom stereocenters. The SMILES string of the molecule is CCC1CC(=O)CCC1(C(C)=O)C(=O)O. The first-order valence-electron chi connectivity index (χ1n) is 5.21. The van der Waals surface area contributed by atoms with Gasteiger partial charge in [0.1, 0.15) is 17.0 Å². The third-order valence-corrected chi connectivity index (χ3v) is 3.47. The van der Waals surface area contributed by atoms with Crippen LogP contribution in [0, 0.1) is 11.3 Å². The van der Waals surface area contributed by atoms with Gasteiger partial charge in [-0.25, -0.2) is 0 Å². The average molecular weight is 212 g/mol. The Balaban J connectivity index is 3.10. The molecular weight excluding hydrogens is 196 g/mol. The first kappa shape index (κ1) is 11.9. The molecule has 1 aliphatic carbocycles. The lowest BCUT2D eigenvalue weighted by atomic mass is 9.63. The van der Waals surface area contributed by atoms with Crippen molar-refractivity contribution in [3.63, 3.8) is 0 Å². The minimum absolute atomic E-state index is 0.0694. The Kier molecular flexibility index (Phi) is 3.27. The van der Waals surface area contributed by atoms with Crippen LogP contribution in [0.5, 0.6) is 0 Å². The van der Waals surface area contributed by atoms with Crippen molar-refractivity contribution in [3.05, 3.63) is 0 Å². The molecule has 0 aromatic heterocycles. The van der Waals surface area contributed by atoms with E-state index in [1.165, 1.54) is 6.92 Å². The highest BCUT2D eigenvalue weighted by Gasteiger charge is 2.52. The summed E-state index contributed by atoms with van der Waals surface area (Å²) >= 11 is 0. The quantitative estimate of drug-likeness (QED) is 0.718. The summed E-state index contributed by atoms with van der Waals surface area (Å²) in [6, 6.07) is 0. The monoisotopic (exact) mass is 212 g/mol. The van der Waals surface area contributed by atoms with Gasteiger partial charge in [0, 0.05) is 12.8 Å². The molecule has 0 radical (unpaired) electrons. The molecule has 2 unspecified atom stereocenters. The van der Waals surface area contributed by atoms with Gasteiger partial charge in [0.05, 0.1) is 0 Å². The molecule has 0 aliphatic heterocycles. The van der Waals surface area contributed by atoms with Crippen LogP contribution in [0.4, 0.5) is 0 Å². The Morgan fingerprint density at radius 3 is 2.53 bits per heavy atom. The summed E-state index contributed by atoms with van der Waals surface area (Å²) in [7, 11) is 0. The van der Waals surface area contributed by atoms with Gasteiger partial charge < -0.3 is 5.11 Å². The summed E-state index contributed by atoms with van der Waals surface area (Å²) in [5, 5.41) is 9.21. The van der Waals surface area contributed by atoms with Crippen LogP contribution in [0.2, 0.25) is 0 Å². The van der Waals surface area contributed by atoms with Crippen LogP contribution in [0.15, 0.2) is 0 Å². The van der Waals surface area contributed by atoms with Gasteiger partial charge in [-0.1, -0.05) is 13.3 Å². The standard InChI is InChI=1S/C11H16O4/c1-3-8-6-9(13)4-5-11(8,7(2)12)10(14)15/h8H,3-6H2,1-2H3,(H,14,15). The van der Waals surface area contributed by atoms with Gasteiger partial charge >= 0.3 is 5.97 Å². The van der Waals surface area contributed by atoms with Gasteiger partial charge in [-0.3, -0.25) is 14.4 Å². The number of carbonyl (C=O) groups excluding carboxylic acids is 2. The van der Waals surface area contributed by atoms with Gasteiger partial charge in [0.15, 0.2) is 0 Å². The van der Waals surface area contributed by atoms with E-state index >= 15 is 0 Å². The zero-order chi connectivity index (χ0) is 11.6. The van der Waals surface area contributed by atoms with Crippen LogP contribution < -0.4 is 0 Å². The van der Waals surface area contributed by atoms with Crippen LogP contribution >= 0.6 is 0 Å². The molecule has 0 aromatic rings. The maximum Gasteiger partial charge on any atom is 0.317 e. The summed E-state index contributed by atoms with van der Waals surface area (Å²) in [4.78, 5) is 34.1. The van der Waals surface area contributed by atoms with Crippen molar-refractivity contribution in [1.29, 1.82) is 0 Å². The topological polar surface area (TPSA) is 71.4 Å². The highest BCUT2D eigenvalue weighted by atomic mass is 16.4. The molecule has 0 bridgehead atoms. The number of aliphatic carboxylic acids is 1. The first-order valence-corrected chi connectivity index (χ1v) is 5.21. The molecule has 15 heavy (non-hydrogen) atoms. The summed E-state index contributed by atoms with van der Waals surface area (Å²) < 4.78 is 0. The second-order valence-corrected chi connectivity index (χ2v) is 4.18. The molecule has 1 N–H and O–H groups in total. The van der Waals surface area contributed by atoms with Gasteiger partial charge in [-0.2, -0.15) is 0 Å². The molecule has 84 valence electrons. The predicted molar refractivity (Wildman–Crippen MR) is 53.4 cm³/mol. The molecule has 0 heterocycles. The average Bonchev–Trinajstić information content (AvgIpc) is 2.16. The largest absolute Gasteiger partial charge is 0.480 e. The lowest BCUT2D eigenvalue weighted by Crippen LogP contribution is -2.48. The van der Waals surface area contributed by atoms with Gasteiger partial charge in [0.2, 0.25) is 0 Å². The highest BCUT2D eigenvalue weighted by molar-refractivity contribution is 6.04. The number of carbonyl (C=O) groups is 3. The molecule has 0 spiro atoms. The van der Waals surface area contributed by atoms with Crippen LogP contribution in [-0.2, 0) is 14.4 Å². The fourth-order valence-electron chi connectivity index (χ4n) is 2.48. The maximum atomic E-state index is 11.5. The molecule has 1 aliphatic rings. The first-order chi connectivity index (χ1) is 6.95. The van der Waals surface area contributed by atoms with E-state index < -0.39 is 11.4 Å². The third-order valence-electron chi connectivity index (χ3n) is 3.47. The lowest BCUT2D eigenvalue weighted by Gasteiger charge is -2.37. The predicted octanol–water partition coefficient (Wildman–Crippen LogP) is 1.43. The fraction of sp³-hybridized carbons (Fsp3) is 0.727. The van der Waals surface area contributed by atoms with E-state index in [9.17, 15) is 19.5 Å². The molecular formula is C11H16O4. The van der Waals surface area contributed by atoms with Crippen LogP contribution in [0.25, 0.3) is 0 Å². The zero-order valence-electron chi connectivity index (χ0n) is 9.08. The Morgan fingerprint density at radius 2 is 2.13 bits per heavy atom. The van der Waals surface area contributed by atoms with Gasteiger partial charge in [-0.15, -0.1) is 0 Å². The maximum absolute atomic E-state index is 11.5. The van der Waals surface area contributed by atoms with E-state index in [1.54, 1.807) is 0 Å². The number of carboxylic acids is 1. The van der Waals surface area contributed by atoms with Crippen molar-refractivity contribution in [3.8, 4) is 0 Å². The summed E-state index contributed by atoms with van der Waals surface area (Å²) in [5.41, 5.74) is -1.32. The van der Waals surface area contributed by atoms with E-state index in [2.05, 4.69) is 0 Å². The molecule has 4 nitrogen and oxygen atoms in total. The number of hydrogen-bond donors (Lipinski definition) is 1. The summed E-state index contributed by atoms with van der Waals surface area (Å²) in [6.45, 7) is 3.14. The van der Waals surface area contributed by atoms with Crippen molar-refractivity contribution >= 4 is 17.5 Å². The minimum atomic E-state index is -1.32. The van der Waals surface area contributed by atoms with Crippen molar-refractivity contribution in [2.75, 3.05) is 0 Å². The van der Waals surface area contributed by atoms with Crippen molar-refractivity contribution in [2.45, 2.75) is 39.5 Å². The number of rotatable bonds is 3. The van der Waals surface area contributed by atoms with E-state index in [4.69, 9.17) is 0 Å². The second kappa shape index (κ2) is 4.13. The molecule has 1 rings (SSSR count). The summed E-state index contributed by atoms with van der Waals surface area (Å²) in [6.07, 6.45) is 1.15. The van der Waals surface area contributed by atoms with Gasteiger partial charge in [0.25, 0.3) is 0 Å². The van der Waals surface area contributed by atoms with Gasteiger partial charge in [-0.05, 0) is 19.3 Å². The highest BCUT2D eigenvalue weighted by Crippen LogP contribution is 2.42. The summed E-state index contributed by atoms with van der Waals surface area (Å²) in [5.74, 6) is -1.67. The number of hydrogen-bond acceptors (Lipinski definition) is 3. The van der Waals surface area contributed by atoms with E-state index in [-0.39, 0.29) is 36.7 Å². The van der Waals surface area contributed by atoms with E-state index in [1.807, 2.05) is 6.92 Å². The van der Waals surface area contributed by atoms with Crippen molar-refractivity contribution in [2.24, 2.45) is 11.3 Å². The third kappa shape index (κ3) is 1.80. The Bertz CT molecular complexity index is 292. The van der Waals surface area contributed by atoms with E-state index in [0.29, 0.717) is 6.42 Å². The Hall–Kier alpha value is -1.19. The Morgan fingerprint density at radius 1 is 1.53 bits per heavy atom. The second-order valence-electron chi connectivity index (χ2n) is 4.18. The van der Waals surface area contributed by atoms with Crippen LogP contribution in [0.1, 0.15) is 39.5 Å². The van der Waals surface area contributed by atoms with Crippen LogP contribution in [0.3, 0.4) is 0 Å². The smallest absolute Gasteiger partial charge is 0.317 e. The van der Waals surface area contributed by atoms with Crippen molar-refractivity contribution < 1.29 is 19.5 Å². The lowest BCUT2D eigenvalue weighted by molar-refractivity contribution is -0.162. The van der Waals surface area contributed by atoms with Crippen LogP contribution in [-0.4, -0.2) is 22.6 Å². The Labute approximate surface area is 88.7 Å². The zero-order valence-corrected chi connectivity index (χ0v) is 9.08. The molecule has 1 saturated carbocycles. The molecule has 0 amide bonds. The number of Topliss-reactive ketones (excluding diaryl/α,β-unsaturated/α-hetero) is 2. The van der Waals surface area contributed by atoms with Crippen molar-refractivity contribution in [1.82, 2.24) is 0 Å². The molecule has 0 saturated heterocycles. The minimum Gasteiger partial charge on any atom is -0.480 e. The molecule has 1 fully saturated rings. The number of ketones is 2. The van der Waals surface area contributed by atoms with E-state index in [0.717, 1.165) is 0 Å².